The first-order valence-electron chi connectivity index (χ1n) is 17.6. The van der Waals surface area contributed by atoms with Gasteiger partial charge < -0.3 is 10.6 Å². The first-order valence-corrected chi connectivity index (χ1v) is 17.6. The molecule has 0 aliphatic rings. The highest BCUT2D eigenvalue weighted by molar-refractivity contribution is 5.89. The van der Waals surface area contributed by atoms with Gasteiger partial charge in [0.25, 0.3) is 0 Å². The van der Waals surface area contributed by atoms with Crippen LogP contribution < -0.4 is 10.6 Å². The van der Waals surface area contributed by atoms with E-state index in [2.05, 4.69) is 151 Å². The van der Waals surface area contributed by atoms with E-state index in [1.807, 2.05) is 80.6 Å². The van der Waals surface area contributed by atoms with Crippen molar-refractivity contribution in [1.29, 1.82) is 0 Å². The van der Waals surface area contributed by atoms with Gasteiger partial charge in [0.2, 0.25) is 0 Å². The molecule has 6 rings (SSSR count). The minimum atomic E-state index is 0.916. The van der Waals surface area contributed by atoms with Crippen LogP contribution in [0.2, 0.25) is 0 Å². The van der Waals surface area contributed by atoms with Gasteiger partial charge in [-0.1, -0.05) is 159 Å². The molecule has 6 aromatic carbocycles. The van der Waals surface area contributed by atoms with Crippen LogP contribution in [-0.4, -0.2) is 0 Å². The van der Waals surface area contributed by atoms with Crippen LogP contribution in [-0.2, 0) is 0 Å². The molecular weight excluding hydrogens is 629 g/mol. The molecule has 0 fully saturated rings. The summed E-state index contributed by atoms with van der Waals surface area (Å²) in [6.07, 6.45) is 16.2. The predicted molar refractivity (Wildman–Crippen MR) is 228 cm³/mol. The summed E-state index contributed by atoms with van der Waals surface area (Å²) in [6, 6.07) is 51.1. The first-order chi connectivity index (χ1) is 25.5. The summed E-state index contributed by atoms with van der Waals surface area (Å²) in [5, 5.41) is 7.26. The van der Waals surface area contributed by atoms with Gasteiger partial charge >= 0.3 is 0 Å². The van der Waals surface area contributed by atoms with Crippen molar-refractivity contribution in [2.24, 2.45) is 0 Å². The van der Waals surface area contributed by atoms with E-state index in [0.29, 0.717) is 0 Å². The second-order valence-electron chi connectivity index (χ2n) is 12.5. The van der Waals surface area contributed by atoms with Crippen molar-refractivity contribution in [1.82, 2.24) is 0 Å². The minimum absolute atomic E-state index is 0.916. The number of hydrogen-bond donors (Lipinski definition) is 2. The molecule has 0 aromatic heterocycles. The van der Waals surface area contributed by atoms with E-state index in [1.165, 1.54) is 22.3 Å². The molecule has 0 saturated carbocycles. The quantitative estimate of drug-likeness (QED) is 0.119. The molecule has 0 saturated heterocycles. The summed E-state index contributed by atoms with van der Waals surface area (Å²) < 4.78 is 0. The van der Waals surface area contributed by atoms with Gasteiger partial charge in [-0.2, -0.15) is 0 Å². The highest BCUT2D eigenvalue weighted by atomic mass is 14.9. The van der Waals surface area contributed by atoms with Gasteiger partial charge in [0, 0.05) is 33.9 Å². The Morgan fingerprint density at radius 1 is 0.404 bits per heavy atom. The van der Waals surface area contributed by atoms with Gasteiger partial charge in [-0.25, -0.2) is 0 Å². The maximum absolute atomic E-state index is 4.46. The van der Waals surface area contributed by atoms with Crippen molar-refractivity contribution in [2.75, 3.05) is 10.6 Å². The van der Waals surface area contributed by atoms with E-state index in [0.717, 1.165) is 56.1 Å². The zero-order valence-corrected chi connectivity index (χ0v) is 29.9. The molecule has 0 spiro atoms. The molecule has 0 atom stereocenters. The van der Waals surface area contributed by atoms with Crippen molar-refractivity contribution in [3.63, 3.8) is 0 Å². The number of anilines is 4. The van der Waals surface area contributed by atoms with Gasteiger partial charge in [-0.05, 0) is 107 Å². The fraction of sp³-hybridized carbons (Fsp3) is 0.0400. The third kappa shape index (κ3) is 8.93. The minimum Gasteiger partial charge on any atom is -0.355 e. The Balaban J connectivity index is 1.30. The topological polar surface area (TPSA) is 24.1 Å². The number of hydrogen-bond acceptors (Lipinski definition) is 2. The monoisotopic (exact) mass is 672 g/mol. The van der Waals surface area contributed by atoms with Crippen molar-refractivity contribution < 1.29 is 0 Å². The summed E-state index contributed by atoms with van der Waals surface area (Å²) in [5.41, 5.74) is 14.9. The molecule has 254 valence electrons. The van der Waals surface area contributed by atoms with Gasteiger partial charge in [-0.3, -0.25) is 0 Å². The fourth-order valence-corrected chi connectivity index (χ4v) is 6.01. The lowest BCUT2D eigenvalue weighted by Crippen LogP contribution is -1.97. The summed E-state index contributed by atoms with van der Waals surface area (Å²) >= 11 is 0. The third-order valence-corrected chi connectivity index (χ3v) is 8.81. The SMILES string of the molecule is C=C(/C=C\C=C/C)c1cc(-c2ccc(Nc3ccc(-c4ccc(-c5ccccc5)cc4)cc3)c(C(=C)/C=C\C=C/C)c2)ccc1Nc1ccccc1. The van der Waals surface area contributed by atoms with Crippen LogP contribution in [0, 0.1) is 0 Å². The van der Waals surface area contributed by atoms with Crippen LogP contribution in [0.4, 0.5) is 22.7 Å². The number of para-hydroxylation sites is 1. The van der Waals surface area contributed by atoms with Crippen LogP contribution in [0.1, 0.15) is 25.0 Å². The van der Waals surface area contributed by atoms with E-state index in [1.54, 1.807) is 0 Å². The molecule has 0 heterocycles. The Hall–Kier alpha value is -6.64. The average Bonchev–Trinajstić information content (AvgIpc) is 3.19. The van der Waals surface area contributed by atoms with Gasteiger partial charge in [0.1, 0.15) is 0 Å². The molecule has 0 bridgehead atoms. The summed E-state index contributed by atoms with van der Waals surface area (Å²) in [5.74, 6) is 0. The van der Waals surface area contributed by atoms with Crippen molar-refractivity contribution in [2.45, 2.75) is 13.8 Å². The second-order valence-corrected chi connectivity index (χ2v) is 12.5. The summed E-state index contributed by atoms with van der Waals surface area (Å²) in [4.78, 5) is 0. The first kappa shape index (κ1) is 35.2. The molecule has 0 unspecified atom stereocenters. The highest BCUT2D eigenvalue weighted by Gasteiger charge is 2.12. The molecule has 2 heteroatoms. The fourth-order valence-electron chi connectivity index (χ4n) is 6.01. The standard InChI is InChI=1S/C50H44N2/c1-5-7-11-17-37(3)47-35-43(29-33-49(47)51-45-21-15-10-16-22-45)44-30-34-50(48(36-44)38(4)18-12-8-6-2)52-46-31-27-42(28-32-46)41-25-23-40(24-26-41)39-19-13-9-14-20-39/h5-36,51-52H,3-4H2,1-2H3/b7-5-,8-6-,17-11-,18-12-. The molecule has 0 amide bonds. The zero-order valence-electron chi connectivity index (χ0n) is 29.9. The van der Waals surface area contributed by atoms with E-state index < -0.39 is 0 Å². The third-order valence-electron chi connectivity index (χ3n) is 8.81. The molecule has 2 nitrogen and oxygen atoms in total. The molecule has 0 aliphatic heterocycles. The van der Waals surface area contributed by atoms with Crippen LogP contribution in [0.5, 0.6) is 0 Å². The number of rotatable bonds is 13. The van der Waals surface area contributed by atoms with Crippen molar-refractivity contribution in [3.05, 3.63) is 218 Å². The maximum atomic E-state index is 4.46. The zero-order chi connectivity index (χ0) is 36.1. The van der Waals surface area contributed by atoms with E-state index >= 15 is 0 Å². The second kappa shape index (κ2) is 17.3. The van der Waals surface area contributed by atoms with Crippen LogP contribution >= 0.6 is 0 Å². The maximum Gasteiger partial charge on any atom is 0.0464 e. The molecular formula is C50H44N2. The molecule has 6 aromatic rings. The number of allylic oxidation sites excluding steroid dienone is 10. The lowest BCUT2D eigenvalue weighted by molar-refractivity contribution is 1.49. The van der Waals surface area contributed by atoms with Crippen LogP contribution in [0.15, 0.2) is 207 Å². The molecule has 2 N–H and O–H groups in total. The van der Waals surface area contributed by atoms with E-state index in [-0.39, 0.29) is 0 Å². The molecule has 0 aliphatic carbocycles. The Morgan fingerprint density at radius 3 is 1.21 bits per heavy atom. The van der Waals surface area contributed by atoms with Crippen molar-refractivity contribution in [3.8, 4) is 33.4 Å². The van der Waals surface area contributed by atoms with E-state index in [9.17, 15) is 0 Å². The van der Waals surface area contributed by atoms with Gasteiger partial charge in [0.05, 0.1) is 0 Å². The van der Waals surface area contributed by atoms with E-state index in [4.69, 9.17) is 0 Å². The van der Waals surface area contributed by atoms with Crippen molar-refractivity contribution >= 4 is 33.9 Å². The predicted octanol–water partition coefficient (Wildman–Crippen LogP) is 14.5. The van der Waals surface area contributed by atoms with Crippen LogP contribution in [0.25, 0.3) is 44.5 Å². The number of nitrogens with one attached hydrogen (secondary N) is 2. The lowest BCUT2D eigenvalue weighted by Gasteiger charge is -2.17. The van der Waals surface area contributed by atoms with Gasteiger partial charge in [-0.15, -0.1) is 0 Å². The Morgan fingerprint density at radius 2 is 0.769 bits per heavy atom. The molecule has 52 heavy (non-hydrogen) atoms. The highest BCUT2D eigenvalue weighted by Crippen LogP contribution is 2.36. The van der Waals surface area contributed by atoms with Gasteiger partial charge in [0.15, 0.2) is 0 Å². The van der Waals surface area contributed by atoms with Crippen LogP contribution in [0.3, 0.4) is 0 Å². The Kier molecular flexibility index (Phi) is 11.7. The largest absolute Gasteiger partial charge is 0.355 e. The summed E-state index contributed by atoms with van der Waals surface area (Å²) in [6.45, 7) is 12.9. The average molecular weight is 673 g/mol. The summed E-state index contributed by atoms with van der Waals surface area (Å²) in [7, 11) is 0. The molecule has 0 radical (unpaired) electrons. The Labute approximate surface area is 309 Å². The lowest BCUT2D eigenvalue weighted by atomic mass is 9.94. The number of benzene rings is 6. The Bertz CT molecular complexity index is 2250. The smallest absolute Gasteiger partial charge is 0.0464 e. The normalized spacial score (nSPS) is 11.5.